The van der Waals surface area contributed by atoms with Crippen molar-refractivity contribution in [2.75, 3.05) is 16.3 Å². The van der Waals surface area contributed by atoms with Gasteiger partial charge in [0.2, 0.25) is 10.0 Å². The molecule has 2 aromatic rings. The summed E-state index contributed by atoms with van der Waals surface area (Å²) < 4.78 is 69.6. The summed E-state index contributed by atoms with van der Waals surface area (Å²) in [5, 5.41) is 14.3. The van der Waals surface area contributed by atoms with Crippen molar-refractivity contribution >= 4 is 43.2 Å². The highest BCUT2D eigenvalue weighted by molar-refractivity contribution is 7.92. The number of anilines is 2. The molecule has 2 bridgehead atoms. The predicted molar refractivity (Wildman–Crippen MR) is 143 cm³/mol. The fourth-order valence-corrected chi connectivity index (χ4v) is 8.30. The van der Waals surface area contributed by atoms with E-state index in [1.54, 1.807) is 24.0 Å². The van der Waals surface area contributed by atoms with Gasteiger partial charge in [-0.05, 0) is 73.4 Å². The maximum Gasteiger partial charge on any atom is 0.286 e. The van der Waals surface area contributed by atoms with Crippen molar-refractivity contribution in [3.63, 3.8) is 0 Å². The predicted octanol–water partition coefficient (Wildman–Crippen LogP) is 3.29. The fraction of sp³-hybridized carbons (Fsp3) is 0.385. The summed E-state index contributed by atoms with van der Waals surface area (Å²) in [6, 6.07) is 8.32. The minimum Gasteiger partial charge on any atom is -0.511 e. The Hall–Kier alpha value is -3.45. The minimum atomic E-state index is -4.35. The molecule has 2 fully saturated rings. The molecule has 4 aliphatic rings. The van der Waals surface area contributed by atoms with Crippen LogP contribution in [0.5, 0.6) is 0 Å². The number of amides is 1. The molecule has 13 heteroatoms. The number of benzene rings is 2. The molecule has 39 heavy (non-hydrogen) atoms. The second-order valence-electron chi connectivity index (χ2n) is 10.8. The van der Waals surface area contributed by atoms with Gasteiger partial charge in [-0.15, -0.1) is 4.40 Å². The number of hydrogen-bond acceptors (Lipinski definition) is 7. The molecule has 4 atom stereocenters. The molecule has 1 amide bonds. The van der Waals surface area contributed by atoms with Crippen LogP contribution in [0, 0.1) is 30.5 Å². The van der Waals surface area contributed by atoms with Crippen LogP contribution >= 0.6 is 0 Å². The number of amidine groups is 1. The zero-order chi connectivity index (χ0) is 27.9. The minimum absolute atomic E-state index is 0.0432. The Kier molecular flexibility index (Phi) is 5.81. The van der Waals surface area contributed by atoms with Gasteiger partial charge in [-0.1, -0.05) is 12.1 Å². The van der Waals surface area contributed by atoms with Crippen LogP contribution in [0.1, 0.15) is 30.4 Å². The van der Waals surface area contributed by atoms with E-state index in [1.807, 2.05) is 0 Å². The van der Waals surface area contributed by atoms with Crippen LogP contribution in [0.4, 0.5) is 15.8 Å². The van der Waals surface area contributed by atoms with Crippen LogP contribution in [0.3, 0.4) is 0 Å². The molecule has 206 valence electrons. The largest absolute Gasteiger partial charge is 0.511 e. The summed E-state index contributed by atoms with van der Waals surface area (Å²) in [6.07, 6.45) is 3.64. The first-order chi connectivity index (χ1) is 18.3. The van der Waals surface area contributed by atoms with Crippen LogP contribution in [-0.2, 0) is 31.4 Å². The number of carbonyl (C=O) groups is 1. The first-order valence-corrected chi connectivity index (χ1v) is 15.9. The van der Waals surface area contributed by atoms with Crippen molar-refractivity contribution in [1.29, 1.82) is 0 Å². The molecule has 2 heterocycles. The van der Waals surface area contributed by atoms with Crippen molar-refractivity contribution in [3.8, 4) is 0 Å². The van der Waals surface area contributed by atoms with Crippen molar-refractivity contribution in [1.82, 2.24) is 4.90 Å². The highest BCUT2D eigenvalue weighted by Gasteiger charge is 2.57. The normalized spacial score (nSPS) is 27.1. The lowest BCUT2D eigenvalue weighted by Gasteiger charge is -2.44. The van der Waals surface area contributed by atoms with Crippen molar-refractivity contribution in [3.05, 3.63) is 64.7 Å². The molecule has 0 radical (unpaired) electrons. The zero-order valence-electron chi connectivity index (χ0n) is 21.2. The Morgan fingerprint density at radius 3 is 2.64 bits per heavy atom. The van der Waals surface area contributed by atoms with Gasteiger partial charge >= 0.3 is 0 Å². The molecular formula is C26H27FN4O6S2. The molecule has 6 rings (SSSR count). The average Bonchev–Trinajstić information content (AvgIpc) is 3.46. The van der Waals surface area contributed by atoms with E-state index >= 15 is 0 Å². The number of aliphatic hydroxyl groups excluding tert-OH is 1. The molecule has 2 aliphatic heterocycles. The quantitative estimate of drug-likeness (QED) is 0.497. The number of hydrogen-bond donors (Lipinski definition) is 3. The van der Waals surface area contributed by atoms with E-state index in [9.17, 15) is 31.1 Å². The van der Waals surface area contributed by atoms with Gasteiger partial charge in [-0.3, -0.25) is 9.52 Å². The third kappa shape index (κ3) is 4.37. The summed E-state index contributed by atoms with van der Waals surface area (Å²) >= 11 is 0. The number of aliphatic hydroxyl groups is 1. The average molecular weight is 575 g/mol. The maximum atomic E-state index is 14.0. The van der Waals surface area contributed by atoms with Crippen molar-refractivity contribution in [2.24, 2.45) is 22.2 Å². The number of fused-ring (bicyclic) bond motifs is 6. The molecule has 0 saturated heterocycles. The summed E-state index contributed by atoms with van der Waals surface area (Å²) in [4.78, 5) is 15.4. The standard InChI is InChI=1S/C26H27FN4O6S2/c1-13-9-14(3-7-18(13)27)12-31-23-16-5-4-15(10-16)21(23)24(32)22(26(31)33)25-28-19-8-6-17(29-38(2,34)35)11-20(19)39(36,37)30-25/h3,6-9,11,15-16,21,23,29,32H,4-5,10,12H2,1-2H3,(H,28,30)/t15-,16+,21+,23-/m0/s1. The monoisotopic (exact) mass is 574 g/mol. The first-order valence-electron chi connectivity index (χ1n) is 12.6. The Labute approximate surface area is 225 Å². The Bertz CT molecular complexity index is 1700. The van der Waals surface area contributed by atoms with Crippen LogP contribution in [0.25, 0.3) is 0 Å². The molecule has 10 nitrogen and oxygen atoms in total. The molecule has 3 N–H and O–H groups in total. The second kappa shape index (κ2) is 8.78. The molecule has 2 aromatic carbocycles. The van der Waals surface area contributed by atoms with E-state index in [-0.39, 0.29) is 69.6 Å². The van der Waals surface area contributed by atoms with Crippen molar-refractivity contribution in [2.45, 2.75) is 43.7 Å². The van der Waals surface area contributed by atoms with Crippen LogP contribution < -0.4 is 10.0 Å². The van der Waals surface area contributed by atoms with Crippen LogP contribution in [-0.4, -0.2) is 50.9 Å². The van der Waals surface area contributed by atoms with Gasteiger partial charge in [-0.2, -0.15) is 8.42 Å². The Morgan fingerprint density at radius 2 is 1.92 bits per heavy atom. The zero-order valence-corrected chi connectivity index (χ0v) is 22.8. The molecule has 2 aliphatic carbocycles. The maximum absolute atomic E-state index is 14.0. The number of sulfonamides is 2. The van der Waals surface area contributed by atoms with Gasteiger partial charge in [0.05, 0.1) is 11.9 Å². The van der Waals surface area contributed by atoms with Gasteiger partial charge in [0.1, 0.15) is 22.0 Å². The highest BCUT2D eigenvalue weighted by atomic mass is 32.2. The van der Waals surface area contributed by atoms with E-state index in [1.165, 1.54) is 18.2 Å². The topological polar surface area (TPSA) is 145 Å². The molecule has 0 aromatic heterocycles. The summed E-state index contributed by atoms with van der Waals surface area (Å²) in [7, 11) is -8.00. The van der Waals surface area contributed by atoms with E-state index < -0.39 is 26.0 Å². The van der Waals surface area contributed by atoms with E-state index in [0.29, 0.717) is 5.56 Å². The van der Waals surface area contributed by atoms with Crippen LogP contribution in [0.2, 0.25) is 0 Å². The number of halogens is 1. The number of aryl methyl sites for hydroxylation is 1. The van der Waals surface area contributed by atoms with E-state index in [2.05, 4.69) is 14.4 Å². The van der Waals surface area contributed by atoms with Gasteiger partial charge < -0.3 is 15.3 Å². The van der Waals surface area contributed by atoms with E-state index in [4.69, 9.17) is 0 Å². The third-order valence-electron chi connectivity index (χ3n) is 8.12. The van der Waals surface area contributed by atoms with Gasteiger partial charge in [0, 0.05) is 24.2 Å². The molecule has 0 spiro atoms. The Balaban J connectivity index is 1.41. The van der Waals surface area contributed by atoms with Crippen molar-refractivity contribution < 1.29 is 31.1 Å². The molecule has 2 saturated carbocycles. The Morgan fingerprint density at radius 1 is 1.18 bits per heavy atom. The summed E-state index contributed by atoms with van der Waals surface area (Å²) in [5.41, 5.74) is 1.12. The lowest BCUT2D eigenvalue weighted by atomic mass is 9.77. The molecular weight excluding hydrogens is 547 g/mol. The first kappa shape index (κ1) is 25.8. The lowest BCUT2D eigenvalue weighted by Crippen LogP contribution is -2.53. The molecule has 0 unspecified atom stereocenters. The number of nitrogens with zero attached hydrogens (tertiary/aromatic N) is 2. The summed E-state index contributed by atoms with van der Waals surface area (Å²) in [6.45, 7) is 1.83. The number of nitrogens with one attached hydrogen (secondary N) is 2. The smallest absolute Gasteiger partial charge is 0.286 e. The van der Waals surface area contributed by atoms with Gasteiger partial charge in [0.15, 0.2) is 5.84 Å². The number of carbonyl (C=O) groups excluding carboxylic acids is 1. The highest BCUT2D eigenvalue weighted by Crippen LogP contribution is 2.55. The van der Waals surface area contributed by atoms with Gasteiger partial charge in [-0.25, -0.2) is 12.8 Å². The second-order valence-corrected chi connectivity index (χ2v) is 14.1. The van der Waals surface area contributed by atoms with Crippen LogP contribution in [0.15, 0.2) is 57.0 Å². The fourth-order valence-electron chi connectivity index (χ4n) is 6.60. The van der Waals surface area contributed by atoms with E-state index in [0.717, 1.165) is 37.1 Å². The lowest BCUT2D eigenvalue weighted by molar-refractivity contribution is -0.134. The SMILES string of the molecule is Cc1cc(CN2C(=O)C(C3=NS(=O)(=O)c4cc(NS(C)(=O)=O)ccc4N3)=C(O)[C@@H]3[C@H]4CC[C@H](C4)[C@@H]32)ccc1F. The third-order valence-corrected chi connectivity index (χ3v) is 10.0. The number of rotatable bonds is 5. The summed E-state index contributed by atoms with van der Waals surface area (Å²) in [5.74, 6) is -1.34. The van der Waals surface area contributed by atoms with Gasteiger partial charge in [0.25, 0.3) is 15.9 Å².